The summed E-state index contributed by atoms with van der Waals surface area (Å²) in [5.41, 5.74) is 3.26. The monoisotopic (exact) mass is 418 g/mol. The third kappa shape index (κ3) is 4.50. The van der Waals surface area contributed by atoms with Crippen LogP contribution in [0.3, 0.4) is 0 Å². The normalized spacial score (nSPS) is 16.6. The highest BCUT2D eigenvalue weighted by molar-refractivity contribution is 8.19. The first kappa shape index (κ1) is 20.1. The second-order valence-electron chi connectivity index (χ2n) is 6.71. The van der Waals surface area contributed by atoms with Gasteiger partial charge in [-0.05, 0) is 58.8 Å². The number of amidine groups is 1. The number of hydrogen-bond acceptors (Lipinski definition) is 4. The number of aliphatic hydroxyl groups is 1. The molecule has 3 aromatic rings. The Bertz CT molecular complexity index is 1090. The molecule has 0 aliphatic carbocycles. The van der Waals surface area contributed by atoms with E-state index in [-0.39, 0.29) is 18.3 Å². The first-order valence-corrected chi connectivity index (χ1v) is 10.2. The number of amides is 1. The molecule has 6 heteroatoms. The average molecular weight is 418 g/mol. The molecule has 0 spiro atoms. The van der Waals surface area contributed by atoms with E-state index in [1.165, 1.54) is 28.8 Å². The number of hydrogen-bond donors (Lipinski definition) is 1. The summed E-state index contributed by atoms with van der Waals surface area (Å²) in [4.78, 5) is 19.9. The lowest BCUT2D eigenvalue weighted by Crippen LogP contribution is -2.28. The topological polar surface area (TPSA) is 52.9 Å². The highest BCUT2D eigenvalue weighted by Crippen LogP contribution is 2.36. The van der Waals surface area contributed by atoms with Crippen molar-refractivity contribution in [3.05, 3.63) is 106 Å². The van der Waals surface area contributed by atoms with Crippen molar-refractivity contribution in [3.8, 4) is 0 Å². The molecule has 1 saturated heterocycles. The van der Waals surface area contributed by atoms with Gasteiger partial charge in [-0.15, -0.1) is 0 Å². The summed E-state index contributed by atoms with van der Waals surface area (Å²) in [5.74, 6) is -0.565. The van der Waals surface area contributed by atoms with E-state index < -0.39 is 0 Å². The van der Waals surface area contributed by atoms with Crippen LogP contribution >= 0.6 is 11.8 Å². The van der Waals surface area contributed by atoms with Crippen molar-refractivity contribution >= 4 is 34.6 Å². The molecule has 1 heterocycles. The molecule has 1 fully saturated rings. The van der Waals surface area contributed by atoms with Gasteiger partial charge in [0.25, 0.3) is 5.91 Å². The van der Waals surface area contributed by atoms with Crippen LogP contribution < -0.4 is 4.90 Å². The van der Waals surface area contributed by atoms with Crippen molar-refractivity contribution in [1.82, 2.24) is 0 Å². The van der Waals surface area contributed by atoms with E-state index in [0.29, 0.717) is 22.3 Å². The maximum absolute atomic E-state index is 13.4. The van der Waals surface area contributed by atoms with Gasteiger partial charge in [0.15, 0.2) is 5.17 Å². The number of aliphatic imine (C=N–C) groups is 1. The minimum Gasteiger partial charge on any atom is -0.392 e. The zero-order chi connectivity index (χ0) is 20.9. The molecule has 4 nitrogen and oxygen atoms in total. The second-order valence-corrected chi connectivity index (χ2v) is 7.72. The molecule has 3 aromatic carbocycles. The van der Waals surface area contributed by atoms with E-state index in [1.54, 1.807) is 18.2 Å². The fourth-order valence-electron chi connectivity index (χ4n) is 3.01. The van der Waals surface area contributed by atoms with Gasteiger partial charge in [0.2, 0.25) is 0 Å². The second kappa shape index (κ2) is 9.07. The third-order valence-corrected chi connectivity index (χ3v) is 5.60. The van der Waals surface area contributed by atoms with E-state index >= 15 is 0 Å². The summed E-state index contributed by atoms with van der Waals surface area (Å²) in [6, 6.07) is 22.9. The Hall–Kier alpha value is -3.22. The highest BCUT2D eigenvalue weighted by atomic mass is 32.2. The number of rotatable bonds is 5. The number of benzene rings is 3. The fourth-order valence-corrected chi connectivity index (χ4v) is 3.99. The summed E-state index contributed by atoms with van der Waals surface area (Å²) < 4.78 is 13.4. The van der Waals surface area contributed by atoms with E-state index in [0.717, 1.165) is 16.7 Å². The summed E-state index contributed by atoms with van der Waals surface area (Å²) in [6.07, 6.45) is 1.80. The van der Waals surface area contributed by atoms with Crippen LogP contribution in [0.25, 0.3) is 6.08 Å². The number of nitrogens with zero attached hydrogens (tertiary/aromatic N) is 2. The zero-order valence-corrected chi connectivity index (χ0v) is 16.8. The van der Waals surface area contributed by atoms with Crippen LogP contribution in [-0.2, 0) is 17.9 Å². The van der Waals surface area contributed by atoms with Gasteiger partial charge in [0.05, 0.1) is 23.7 Å². The predicted molar refractivity (Wildman–Crippen MR) is 119 cm³/mol. The molecule has 1 aliphatic heterocycles. The van der Waals surface area contributed by atoms with Crippen LogP contribution in [0, 0.1) is 5.82 Å². The van der Waals surface area contributed by atoms with Crippen LogP contribution in [-0.4, -0.2) is 16.2 Å². The number of anilines is 1. The largest absolute Gasteiger partial charge is 0.392 e. The lowest BCUT2D eigenvalue weighted by atomic mass is 10.1. The van der Waals surface area contributed by atoms with Gasteiger partial charge in [0, 0.05) is 0 Å². The SMILES string of the molecule is O=C1/C(=C/c2ccc(CO)cc2)SC(=NCc2ccccc2)N1c1ccc(F)cc1. The van der Waals surface area contributed by atoms with Gasteiger partial charge in [-0.2, -0.15) is 0 Å². The fraction of sp³-hybridized carbons (Fsp3) is 0.0833. The maximum atomic E-state index is 13.4. The Labute approximate surface area is 178 Å². The molecule has 1 aliphatic rings. The van der Waals surface area contributed by atoms with Crippen molar-refractivity contribution in [1.29, 1.82) is 0 Å². The Morgan fingerprint density at radius 1 is 0.933 bits per heavy atom. The van der Waals surface area contributed by atoms with Crippen molar-refractivity contribution in [2.24, 2.45) is 4.99 Å². The molecule has 0 aromatic heterocycles. The predicted octanol–water partition coefficient (Wildman–Crippen LogP) is 5.00. The number of carbonyl (C=O) groups excluding carboxylic acids is 1. The molecule has 0 unspecified atom stereocenters. The quantitative estimate of drug-likeness (QED) is 0.594. The Kier molecular flexibility index (Phi) is 6.07. The van der Waals surface area contributed by atoms with Crippen molar-refractivity contribution in [3.63, 3.8) is 0 Å². The molecule has 0 radical (unpaired) electrons. The standard InChI is InChI=1S/C24H19FN2O2S/c25-20-10-12-21(13-11-20)27-23(29)22(14-17-6-8-19(16-28)9-7-17)30-24(27)26-15-18-4-2-1-3-5-18/h1-14,28H,15-16H2/b22-14-,26-24?. The van der Waals surface area contributed by atoms with Gasteiger partial charge in [-0.25, -0.2) is 4.39 Å². The molecule has 30 heavy (non-hydrogen) atoms. The van der Waals surface area contributed by atoms with Crippen molar-refractivity contribution < 1.29 is 14.3 Å². The molecule has 1 N–H and O–H groups in total. The lowest BCUT2D eigenvalue weighted by molar-refractivity contribution is -0.113. The number of halogens is 1. The van der Waals surface area contributed by atoms with Crippen molar-refractivity contribution in [2.75, 3.05) is 4.90 Å². The minimum absolute atomic E-state index is 0.0286. The molecule has 0 bridgehead atoms. The average Bonchev–Trinajstić information content (AvgIpc) is 3.09. The van der Waals surface area contributed by atoms with Gasteiger partial charge >= 0.3 is 0 Å². The lowest BCUT2D eigenvalue weighted by Gasteiger charge is -2.15. The van der Waals surface area contributed by atoms with E-state index in [9.17, 15) is 14.3 Å². The Morgan fingerprint density at radius 2 is 1.63 bits per heavy atom. The van der Waals surface area contributed by atoms with Crippen LogP contribution in [0.2, 0.25) is 0 Å². The van der Waals surface area contributed by atoms with E-state index in [2.05, 4.69) is 4.99 Å². The highest BCUT2D eigenvalue weighted by Gasteiger charge is 2.34. The summed E-state index contributed by atoms with van der Waals surface area (Å²) in [7, 11) is 0. The van der Waals surface area contributed by atoms with Crippen LogP contribution in [0.1, 0.15) is 16.7 Å². The maximum Gasteiger partial charge on any atom is 0.271 e. The summed E-state index contributed by atoms with van der Waals surface area (Å²) in [6.45, 7) is 0.409. The third-order valence-electron chi connectivity index (χ3n) is 4.59. The molecule has 4 rings (SSSR count). The van der Waals surface area contributed by atoms with Crippen molar-refractivity contribution in [2.45, 2.75) is 13.2 Å². The molecule has 1 amide bonds. The molecule has 0 saturated carbocycles. The first-order valence-electron chi connectivity index (χ1n) is 9.42. The van der Waals surface area contributed by atoms with Gasteiger partial charge in [-0.1, -0.05) is 54.6 Å². The molecular formula is C24H19FN2O2S. The first-order chi connectivity index (χ1) is 14.6. The molecular weight excluding hydrogens is 399 g/mol. The van der Waals surface area contributed by atoms with E-state index in [1.807, 2.05) is 54.6 Å². The smallest absolute Gasteiger partial charge is 0.271 e. The molecule has 150 valence electrons. The van der Waals surface area contributed by atoms with Crippen LogP contribution in [0.15, 0.2) is 88.8 Å². The Balaban J connectivity index is 1.67. The van der Waals surface area contributed by atoms with Crippen LogP contribution in [0.4, 0.5) is 10.1 Å². The van der Waals surface area contributed by atoms with Crippen LogP contribution in [0.5, 0.6) is 0 Å². The zero-order valence-electron chi connectivity index (χ0n) is 16.0. The van der Waals surface area contributed by atoms with Gasteiger partial charge in [0.1, 0.15) is 5.82 Å². The number of aliphatic hydroxyl groups excluding tert-OH is 1. The number of carbonyl (C=O) groups is 1. The van der Waals surface area contributed by atoms with Gasteiger partial charge in [-0.3, -0.25) is 14.7 Å². The Morgan fingerprint density at radius 3 is 2.30 bits per heavy atom. The summed E-state index contributed by atoms with van der Waals surface area (Å²) in [5, 5.41) is 9.75. The number of thioether (sulfide) groups is 1. The minimum atomic E-state index is -0.361. The van der Waals surface area contributed by atoms with E-state index in [4.69, 9.17) is 0 Å². The molecule has 0 atom stereocenters. The van der Waals surface area contributed by atoms with Gasteiger partial charge < -0.3 is 5.11 Å². The summed E-state index contributed by atoms with van der Waals surface area (Å²) >= 11 is 1.29.